The molecule has 0 saturated carbocycles. The van der Waals surface area contributed by atoms with E-state index in [-0.39, 0.29) is 11.9 Å². The van der Waals surface area contributed by atoms with Crippen molar-refractivity contribution < 1.29 is 19.1 Å². The number of hydrogen-bond acceptors (Lipinski definition) is 4. The number of carbonyl (C=O) groups is 2. The monoisotopic (exact) mass is 229 g/mol. The quantitative estimate of drug-likeness (QED) is 0.788. The minimum Gasteiger partial charge on any atom is -0.446 e. The van der Waals surface area contributed by atoms with Crippen LogP contribution in [0.25, 0.3) is 0 Å². The van der Waals surface area contributed by atoms with Crippen LogP contribution >= 0.6 is 0 Å². The molecule has 0 radical (unpaired) electrons. The zero-order valence-corrected chi connectivity index (χ0v) is 9.82. The lowest BCUT2D eigenvalue weighted by molar-refractivity contribution is -0.120. The highest BCUT2D eigenvalue weighted by Gasteiger charge is 2.20. The standard InChI is InChI=1S/C11H19NO4/c1-3-10(13)8(2)12-11(14)16-9-4-6-15-7-5-9/h8-9H,3-7H2,1-2H3,(H,12,14). The highest BCUT2D eigenvalue weighted by Crippen LogP contribution is 2.10. The minimum atomic E-state index is -0.513. The Morgan fingerprint density at radius 3 is 2.62 bits per heavy atom. The number of nitrogens with one attached hydrogen (secondary N) is 1. The molecule has 1 aliphatic heterocycles. The van der Waals surface area contributed by atoms with Crippen molar-refractivity contribution in [2.75, 3.05) is 13.2 Å². The minimum absolute atomic E-state index is 0.00364. The summed E-state index contributed by atoms with van der Waals surface area (Å²) in [7, 11) is 0. The van der Waals surface area contributed by atoms with E-state index in [1.165, 1.54) is 0 Å². The molecule has 1 amide bonds. The maximum Gasteiger partial charge on any atom is 0.407 e. The van der Waals surface area contributed by atoms with E-state index >= 15 is 0 Å². The molecular weight excluding hydrogens is 210 g/mol. The van der Waals surface area contributed by atoms with Gasteiger partial charge in [0.05, 0.1) is 19.3 Å². The van der Waals surface area contributed by atoms with Crippen LogP contribution in [0.5, 0.6) is 0 Å². The number of ketones is 1. The van der Waals surface area contributed by atoms with E-state index in [0.29, 0.717) is 19.6 Å². The Morgan fingerprint density at radius 2 is 2.06 bits per heavy atom. The second kappa shape index (κ2) is 6.48. The fraction of sp³-hybridized carbons (Fsp3) is 0.818. The third-order valence-electron chi connectivity index (χ3n) is 2.61. The molecule has 1 N–H and O–H groups in total. The maximum atomic E-state index is 11.4. The molecule has 16 heavy (non-hydrogen) atoms. The zero-order chi connectivity index (χ0) is 12.0. The molecular formula is C11H19NO4. The first-order chi connectivity index (χ1) is 7.63. The van der Waals surface area contributed by atoms with Crippen molar-refractivity contribution in [3.8, 4) is 0 Å². The molecule has 5 heteroatoms. The van der Waals surface area contributed by atoms with Gasteiger partial charge in [0.25, 0.3) is 0 Å². The van der Waals surface area contributed by atoms with Gasteiger partial charge in [-0.25, -0.2) is 4.79 Å². The molecule has 1 aliphatic rings. The average molecular weight is 229 g/mol. The summed E-state index contributed by atoms with van der Waals surface area (Å²) in [6.07, 6.45) is 1.27. The van der Waals surface area contributed by atoms with Gasteiger partial charge in [0.2, 0.25) is 0 Å². The average Bonchev–Trinajstić information content (AvgIpc) is 2.29. The first-order valence-corrected chi connectivity index (χ1v) is 5.71. The van der Waals surface area contributed by atoms with Crippen LogP contribution in [0.2, 0.25) is 0 Å². The lowest BCUT2D eigenvalue weighted by Crippen LogP contribution is -2.40. The summed E-state index contributed by atoms with van der Waals surface area (Å²) in [6, 6.07) is -0.475. The van der Waals surface area contributed by atoms with Gasteiger partial charge >= 0.3 is 6.09 Å². The van der Waals surface area contributed by atoms with Crippen molar-refractivity contribution in [1.82, 2.24) is 5.32 Å². The van der Waals surface area contributed by atoms with E-state index in [1.807, 2.05) is 0 Å². The van der Waals surface area contributed by atoms with Gasteiger partial charge in [0.15, 0.2) is 5.78 Å². The number of carbonyl (C=O) groups excluding carboxylic acids is 2. The predicted octanol–water partition coefficient (Wildman–Crippen LogP) is 1.26. The number of amides is 1. The van der Waals surface area contributed by atoms with E-state index in [1.54, 1.807) is 13.8 Å². The molecule has 1 unspecified atom stereocenters. The van der Waals surface area contributed by atoms with Gasteiger partial charge in [-0.05, 0) is 6.92 Å². The third kappa shape index (κ3) is 4.18. The molecule has 5 nitrogen and oxygen atoms in total. The van der Waals surface area contributed by atoms with Crippen LogP contribution in [-0.2, 0) is 14.3 Å². The molecule has 92 valence electrons. The first-order valence-electron chi connectivity index (χ1n) is 5.71. The Kier molecular flexibility index (Phi) is 5.25. The number of alkyl carbamates (subject to hydrolysis) is 1. The smallest absolute Gasteiger partial charge is 0.407 e. The van der Waals surface area contributed by atoms with Crippen LogP contribution in [0.1, 0.15) is 33.1 Å². The predicted molar refractivity (Wildman–Crippen MR) is 58.2 cm³/mol. The molecule has 1 atom stereocenters. The molecule has 0 aromatic carbocycles. The SMILES string of the molecule is CCC(=O)C(C)NC(=O)OC1CCOCC1. The van der Waals surface area contributed by atoms with Crippen LogP contribution in [0.4, 0.5) is 4.79 Å². The lowest BCUT2D eigenvalue weighted by Gasteiger charge is -2.23. The molecule has 1 heterocycles. The van der Waals surface area contributed by atoms with Crippen LogP contribution in [-0.4, -0.2) is 37.2 Å². The van der Waals surface area contributed by atoms with Crippen LogP contribution < -0.4 is 5.32 Å². The second-order valence-electron chi connectivity index (χ2n) is 3.90. The first kappa shape index (κ1) is 13.0. The van der Waals surface area contributed by atoms with E-state index < -0.39 is 12.1 Å². The summed E-state index contributed by atoms with van der Waals surface area (Å²) in [5.41, 5.74) is 0. The Balaban J connectivity index is 2.26. The normalized spacial score (nSPS) is 18.9. The van der Waals surface area contributed by atoms with Gasteiger partial charge in [-0.15, -0.1) is 0 Å². The highest BCUT2D eigenvalue weighted by atomic mass is 16.6. The van der Waals surface area contributed by atoms with Gasteiger partial charge < -0.3 is 14.8 Å². The van der Waals surface area contributed by atoms with Gasteiger partial charge in [-0.2, -0.15) is 0 Å². The van der Waals surface area contributed by atoms with Crippen LogP contribution in [0, 0.1) is 0 Å². The lowest BCUT2D eigenvalue weighted by atomic mass is 10.1. The van der Waals surface area contributed by atoms with Crippen molar-refractivity contribution in [1.29, 1.82) is 0 Å². The van der Waals surface area contributed by atoms with Crippen molar-refractivity contribution in [2.45, 2.75) is 45.3 Å². The van der Waals surface area contributed by atoms with Gasteiger partial charge in [-0.1, -0.05) is 6.92 Å². The molecule has 1 saturated heterocycles. The number of rotatable bonds is 4. The molecule has 0 spiro atoms. The third-order valence-corrected chi connectivity index (χ3v) is 2.61. The van der Waals surface area contributed by atoms with Gasteiger partial charge in [0.1, 0.15) is 6.10 Å². The fourth-order valence-electron chi connectivity index (χ4n) is 1.54. The van der Waals surface area contributed by atoms with Gasteiger partial charge in [0, 0.05) is 19.3 Å². The van der Waals surface area contributed by atoms with E-state index in [4.69, 9.17) is 9.47 Å². The number of Topliss-reactive ketones (excluding diaryl/α,β-unsaturated/α-hetero) is 1. The summed E-state index contributed by atoms with van der Waals surface area (Å²) < 4.78 is 10.3. The fourth-order valence-corrected chi connectivity index (χ4v) is 1.54. The topological polar surface area (TPSA) is 64.6 Å². The van der Waals surface area contributed by atoms with E-state index in [0.717, 1.165) is 12.8 Å². The summed E-state index contributed by atoms with van der Waals surface area (Å²) in [4.78, 5) is 22.7. The zero-order valence-electron chi connectivity index (χ0n) is 9.82. The van der Waals surface area contributed by atoms with Crippen LogP contribution in [0.3, 0.4) is 0 Å². The van der Waals surface area contributed by atoms with Crippen molar-refractivity contribution in [2.24, 2.45) is 0 Å². The summed E-state index contributed by atoms with van der Waals surface area (Å²) in [5.74, 6) is 0.00364. The van der Waals surface area contributed by atoms with E-state index in [2.05, 4.69) is 5.32 Å². The molecule has 1 fully saturated rings. The Morgan fingerprint density at radius 1 is 1.44 bits per heavy atom. The van der Waals surface area contributed by atoms with Crippen LogP contribution in [0.15, 0.2) is 0 Å². The Hall–Kier alpha value is -1.10. The van der Waals surface area contributed by atoms with Gasteiger partial charge in [-0.3, -0.25) is 4.79 Å². The number of ether oxygens (including phenoxy) is 2. The molecule has 1 rings (SSSR count). The van der Waals surface area contributed by atoms with Crippen molar-refractivity contribution in [3.63, 3.8) is 0 Å². The van der Waals surface area contributed by atoms with E-state index in [9.17, 15) is 9.59 Å². The molecule has 0 aliphatic carbocycles. The largest absolute Gasteiger partial charge is 0.446 e. The Labute approximate surface area is 95.5 Å². The molecule has 0 aromatic heterocycles. The molecule has 0 aromatic rings. The van der Waals surface area contributed by atoms with Crippen molar-refractivity contribution >= 4 is 11.9 Å². The second-order valence-corrected chi connectivity index (χ2v) is 3.90. The highest BCUT2D eigenvalue weighted by molar-refractivity contribution is 5.86. The Bertz CT molecular complexity index is 248. The molecule has 0 bridgehead atoms. The summed E-state index contributed by atoms with van der Waals surface area (Å²) in [5, 5.41) is 2.53. The summed E-state index contributed by atoms with van der Waals surface area (Å²) >= 11 is 0. The number of hydrogen-bond donors (Lipinski definition) is 1. The maximum absolute atomic E-state index is 11.4. The van der Waals surface area contributed by atoms with Crippen molar-refractivity contribution in [3.05, 3.63) is 0 Å². The summed E-state index contributed by atoms with van der Waals surface area (Å²) in [6.45, 7) is 4.68.